The fourth-order valence-corrected chi connectivity index (χ4v) is 1.10. The number of carboxylic acids is 1. The van der Waals surface area contributed by atoms with Crippen LogP contribution in [0.4, 0.5) is 13.2 Å². The van der Waals surface area contributed by atoms with Crippen molar-refractivity contribution in [3.05, 3.63) is 0 Å². The third-order valence-electron chi connectivity index (χ3n) is 1.88. The van der Waals surface area contributed by atoms with E-state index in [0.717, 1.165) is 0 Å². The number of unbranched alkanes of at least 4 members (excludes halogenated alkanes) is 1. The zero-order chi connectivity index (χ0) is 14.0. The van der Waals surface area contributed by atoms with Gasteiger partial charge in [-0.15, -0.1) is 0 Å². The van der Waals surface area contributed by atoms with Gasteiger partial charge in [0.1, 0.15) is 6.61 Å². The number of hydrogen-bond donors (Lipinski definition) is 2. The Hall–Kier alpha value is -1.31. The molecule has 0 aromatic rings. The third-order valence-corrected chi connectivity index (χ3v) is 1.88. The lowest BCUT2D eigenvalue weighted by atomic mass is 10.2. The van der Waals surface area contributed by atoms with Crippen LogP contribution in [-0.2, 0) is 14.3 Å². The van der Waals surface area contributed by atoms with Gasteiger partial charge in [-0.25, -0.2) is 0 Å². The van der Waals surface area contributed by atoms with Crippen molar-refractivity contribution in [2.75, 3.05) is 19.8 Å². The molecule has 0 spiro atoms. The van der Waals surface area contributed by atoms with Crippen LogP contribution >= 0.6 is 0 Å². The lowest BCUT2D eigenvalue weighted by Gasteiger charge is -2.08. The number of nitrogens with one attached hydrogen (secondary N) is 1. The summed E-state index contributed by atoms with van der Waals surface area (Å²) in [5.41, 5.74) is 0. The van der Waals surface area contributed by atoms with Crippen LogP contribution in [0.5, 0.6) is 0 Å². The summed E-state index contributed by atoms with van der Waals surface area (Å²) in [5, 5.41) is 10.7. The molecular weight excluding hydrogens is 255 g/mol. The van der Waals surface area contributed by atoms with Gasteiger partial charge in [0.15, 0.2) is 0 Å². The second-order valence-corrected chi connectivity index (χ2v) is 3.62. The molecule has 0 aliphatic rings. The van der Waals surface area contributed by atoms with E-state index >= 15 is 0 Å². The van der Waals surface area contributed by atoms with Gasteiger partial charge >= 0.3 is 12.1 Å². The molecule has 5 nitrogen and oxygen atoms in total. The molecule has 0 saturated heterocycles. The normalized spacial score (nSPS) is 11.3. The number of rotatable bonds is 9. The molecule has 0 aromatic heterocycles. The van der Waals surface area contributed by atoms with Gasteiger partial charge in [-0.2, -0.15) is 13.2 Å². The fourth-order valence-electron chi connectivity index (χ4n) is 1.10. The maximum absolute atomic E-state index is 11.7. The molecule has 106 valence electrons. The van der Waals surface area contributed by atoms with Crippen LogP contribution in [0, 0.1) is 0 Å². The van der Waals surface area contributed by atoms with Gasteiger partial charge in [0.25, 0.3) is 0 Å². The number of halogens is 3. The molecule has 0 fully saturated rings. The molecule has 0 bridgehead atoms. The predicted octanol–water partition coefficient (Wildman–Crippen LogP) is 1.33. The fraction of sp³-hybridized carbons (Fsp3) is 0.800. The summed E-state index contributed by atoms with van der Waals surface area (Å²) < 4.78 is 39.2. The summed E-state index contributed by atoms with van der Waals surface area (Å²) in [6, 6.07) is 0. The van der Waals surface area contributed by atoms with E-state index in [2.05, 4.69) is 10.1 Å². The van der Waals surface area contributed by atoms with Crippen molar-refractivity contribution in [3.63, 3.8) is 0 Å². The lowest BCUT2D eigenvalue weighted by Crippen LogP contribution is -2.28. The third kappa shape index (κ3) is 12.8. The van der Waals surface area contributed by atoms with Crippen molar-refractivity contribution in [2.24, 2.45) is 0 Å². The molecule has 0 unspecified atom stereocenters. The second kappa shape index (κ2) is 8.73. The first-order valence-electron chi connectivity index (χ1n) is 5.44. The Balaban J connectivity index is 3.35. The number of hydrogen-bond acceptors (Lipinski definition) is 3. The lowest BCUT2D eigenvalue weighted by molar-refractivity contribution is -0.173. The van der Waals surface area contributed by atoms with Crippen molar-refractivity contribution in [1.29, 1.82) is 0 Å². The minimum absolute atomic E-state index is 0.00196. The number of amides is 1. The monoisotopic (exact) mass is 271 g/mol. The number of carbonyl (C=O) groups is 2. The zero-order valence-electron chi connectivity index (χ0n) is 9.76. The smallest absolute Gasteiger partial charge is 0.411 e. The molecule has 0 radical (unpaired) electrons. The summed E-state index contributed by atoms with van der Waals surface area (Å²) in [6.07, 6.45) is -3.37. The Labute approximate surface area is 102 Å². The van der Waals surface area contributed by atoms with Crippen molar-refractivity contribution in [2.45, 2.75) is 31.9 Å². The average Bonchev–Trinajstić information content (AvgIpc) is 2.22. The quantitative estimate of drug-likeness (QED) is 0.620. The maximum Gasteiger partial charge on any atom is 0.411 e. The Morgan fingerprint density at radius 1 is 1.17 bits per heavy atom. The van der Waals surface area contributed by atoms with Crippen LogP contribution in [0.3, 0.4) is 0 Å². The molecular formula is C10H16F3NO4. The molecule has 0 aliphatic carbocycles. The maximum atomic E-state index is 11.7. The first kappa shape index (κ1) is 16.7. The zero-order valence-corrected chi connectivity index (χ0v) is 9.76. The molecule has 0 saturated carbocycles. The van der Waals surface area contributed by atoms with Crippen LogP contribution in [-0.4, -0.2) is 42.9 Å². The van der Waals surface area contributed by atoms with Gasteiger partial charge in [0.05, 0.1) is 6.61 Å². The molecule has 0 heterocycles. The number of alkyl halides is 3. The van der Waals surface area contributed by atoms with E-state index < -0.39 is 18.8 Å². The molecule has 18 heavy (non-hydrogen) atoms. The van der Waals surface area contributed by atoms with E-state index in [-0.39, 0.29) is 31.9 Å². The summed E-state index contributed by atoms with van der Waals surface area (Å²) in [6.45, 7) is -1.53. The van der Waals surface area contributed by atoms with E-state index in [1.807, 2.05) is 0 Å². The predicted molar refractivity (Wildman–Crippen MR) is 56.0 cm³/mol. The Morgan fingerprint density at radius 2 is 1.78 bits per heavy atom. The highest BCUT2D eigenvalue weighted by Gasteiger charge is 2.27. The van der Waals surface area contributed by atoms with E-state index in [9.17, 15) is 22.8 Å². The van der Waals surface area contributed by atoms with Gasteiger partial charge in [-0.3, -0.25) is 9.59 Å². The van der Waals surface area contributed by atoms with E-state index in [1.54, 1.807) is 0 Å². The van der Waals surface area contributed by atoms with Gasteiger partial charge in [-0.05, 0) is 12.8 Å². The minimum atomic E-state index is -4.36. The highest BCUT2D eigenvalue weighted by atomic mass is 19.4. The summed E-state index contributed by atoms with van der Waals surface area (Å²) in [7, 11) is 0. The average molecular weight is 271 g/mol. The number of carboxylic acid groups (broad SMARTS) is 1. The molecule has 1 amide bonds. The van der Waals surface area contributed by atoms with Crippen LogP contribution < -0.4 is 5.32 Å². The summed E-state index contributed by atoms with van der Waals surface area (Å²) in [5.74, 6) is -1.24. The largest absolute Gasteiger partial charge is 0.481 e. The number of carbonyl (C=O) groups excluding carboxylic acids is 1. The Kier molecular flexibility index (Phi) is 8.10. The van der Waals surface area contributed by atoms with Crippen LogP contribution in [0.15, 0.2) is 0 Å². The van der Waals surface area contributed by atoms with Crippen LogP contribution in [0.1, 0.15) is 25.7 Å². The van der Waals surface area contributed by atoms with Crippen molar-refractivity contribution in [3.8, 4) is 0 Å². The minimum Gasteiger partial charge on any atom is -0.481 e. The second-order valence-electron chi connectivity index (χ2n) is 3.62. The van der Waals surface area contributed by atoms with Gasteiger partial charge in [0.2, 0.25) is 5.91 Å². The molecule has 8 heteroatoms. The molecule has 0 atom stereocenters. The Morgan fingerprint density at radius 3 is 2.33 bits per heavy atom. The number of aliphatic carboxylic acids is 1. The van der Waals surface area contributed by atoms with Crippen molar-refractivity contribution >= 4 is 11.9 Å². The number of ether oxygens (including phenoxy) is 1. The van der Waals surface area contributed by atoms with Crippen molar-refractivity contribution in [1.82, 2.24) is 5.32 Å². The SMILES string of the molecule is O=C(O)CCCCC(=O)NCCOCC(F)(F)F. The standard InChI is InChI=1S/C10H16F3NO4/c11-10(12,13)7-18-6-5-14-8(15)3-1-2-4-9(16)17/h1-7H2,(H,14,15)(H,16,17). The highest BCUT2D eigenvalue weighted by Crippen LogP contribution is 2.13. The Bertz CT molecular complexity index is 268. The molecule has 0 rings (SSSR count). The van der Waals surface area contributed by atoms with E-state index in [0.29, 0.717) is 12.8 Å². The van der Waals surface area contributed by atoms with E-state index in [4.69, 9.17) is 5.11 Å². The highest BCUT2D eigenvalue weighted by molar-refractivity contribution is 5.75. The van der Waals surface area contributed by atoms with Gasteiger partial charge in [0, 0.05) is 19.4 Å². The first-order chi connectivity index (χ1) is 8.31. The van der Waals surface area contributed by atoms with Gasteiger partial charge < -0.3 is 15.2 Å². The molecule has 0 aromatic carbocycles. The van der Waals surface area contributed by atoms with E-state index in [1.165, 1.54) is 0 Å². The van der Waals surface area contributed by atoms with Crippen LogP contribution in [0.25, 0.3) is 0 Å². The van der Waals surface area contributed by atoms with Gasteiger partial charge in [-0.1, -0.05) is 0 Å². The van der Waals surface area contributed by atoms with Crippen LogP contribution in [0.2, 0.25) is 0 Å². The summed E-state index contributed by atoms with van der Waals surface area (Å²) in [4.78, 5) is 21.3. The molecule has 2 N–H and O–H groups in total. The van der Waals surface area contributed by atoms with Crippen molar-refractivity contribution < 1.29 is 32.6 Å². The first-order valence-corrected chi connectivity index (χ1v) is 5.44. The molecule has 0 aliphatic heterocycles. The topological polar surface area (TPSA) is 75.6 Å². The summed E-state index contributed by atoms with van der Waals surface area (Å²) >= 11 is 0.